The first-order chi connectivity index (χ1) is 20.1. The monoisotopic (exact) mass is 602 g/mol. The summed E-state index contributed by atoms with van der Waals surface area (Å²) in [4.78, 5) is 41.0. The van der Waals surface area contributed by atoms with Gasteiger partial charge in [-0.25, -0.2) is 9.36 Å². The minimum absolute atomic E-state index is 0.0557. The van der Waals surface area contributed by atoms with E-state index in [2.05, 4.69) is 15.1 Å². The van der Waals surface area contributed by atoms with Crippen LogP contribution in [0.3, 0.4) is 0 Å². The molecular formula is C25H27N6O10P. The van der Waals surface area contributed by atoms with Gasteiger partial charge in [-0.1, -0.05) is 53.6 Å². The van der Waals surface area contributed by atoms with Crippen LogP contribution < -0.4 is 20.9 Å². The van der Waals surface area contributed by atoms with Crippen LogP contribution in [0, 0.1) is 0 Å². The molecule has 2 heterocycles. The van der Waals surface area contributed by atoms with Crippen molar-refractivity contribution in [3.05, 3.63) is 110 Å². The van der Waals surface area contributed by atoms with Crippen LogP contribution in [0.4, 0.5) is 0 Å². The molecule has 16 nitrogen and oxygen atoms in total. The molecule has 1 aliphatic rings. The second-order valence-corrected chi connectivity index (χ2v) is 10.8. The fraction of sp³-hybridized carbons (Fsp3) is 0.320. The minimum Gasteiger partial charge on any atom is -0.460 e. The smallest absolute Gasteiger partial charge is 0.459 e. The van der Waals surface area contributed by atoms with E-state index < -0.39 is 61.8 Å². The Bertz CT molecular complexity index is 1600. The largest absolute Gasteiger partial charge is 0.460 e. The summed E-state index contributed by atoms with van der Waals surface area (Å²) in [6.07, 6.45) is -4.51. The van der Waals surface area contributed by atoms with E-state index in [0.717, 1.165) is 22.4 Å². The molecule has 1 aromatic heterocycles. The van der Waals surface area contributed by atoms with Gasteiger partial charge in [0.25, 0.3) is 5.56 Å². The van der Waals surface area contributed by atoms with E-state index >= 15 is 0 Å². The van der Waals surface area contributed by atoms with Crippen molar-refractivity contribution in [2.24, 2.45) is 5.11 Å². The second kappa shape index (κ2) is 13.1. The number of azide groups is 1. The standard InChI is InChI=1S/C25H27N6O10P/c1-16(23(35)38-14-17-8-4-2-5-9-17)28-42(37,41-18-10-6-3-7-11-18)39-15-25(29-30-26)21(34)20(33)22(40-25)31-13-12-19(32)27-24(31)36/h2-13,16,20-22,33-34H,14-15H2,1H3,(H,28,37)(H,27,32,36)/t16-,20+,21-,22+,25+,42?/m0/s1. The van der Waals surface area contributed by atoms with Crippen LogP contribution >= 0.6 is 7.75 Å². The lowest BCUT2D eigenvalue weighted by atomic mass is 10.1. The number of aromatic amines is 1. The van der Waals surface area contributed by atoms with Crippen LogP contribution in [0.15, 0.2) is 87.6 Å². The van der Waals surface area contributed by atoms with E-state index in [0.29, 0.717) is 0 Å². The highest BCUT2D eigenvalue weighted by atomic mass is 31.2. The third-order valence-electron chi connectivity index (χ3n) is 6.08. The molecule has 1 unspecified atom stereocenters. The summed E-state index contributed by atoms with van der Waals surface area (Å²) < 4.78 is 36.6. The number of ether oxygens (including phenoxy) is 2. The van der Waals surface area contributed by atoms with Crippen LogP contribution in [-0.2, 0) is 30.0 Å². The normalized spacial score (nSPS) is 23.7. The Kier molecular flexibility index (Phi) is 9.60. The first kappa shape index (κ1) is 30.7. The molecule has 0 amide bonds. The zero-order chi connectivity index (χ0) is 30.3. The Morgan fingerprint density at radius 3 is 2.50 bits per heavy atom. The molecule has 1 fully saturated rings. The van der Waals surface area contributed by atoms with Crippen LogP contribution in [0.5, 0.6) is 5.75 Å². The maximum Gasteiger partial charge on any atom is 0.459 e. The Labute approximate surface area is 237 Å². The quantitative estimate of drug-likeness (QED) is 0.0767. The summed E-state index contributed by atoms with van der Waals surface area (Å²) in [5.41, 5.74) is 5.79. The molecular weight excluding hydrogens is 575 g/mol. The molecule has 1 aliphatic heterocycles. The highest BCUT2D eigenvalue weighted by molar-refractivity contribution is 7.52. The predicted molar refractivity (Wildman–Crippen MR) is 145 cm³/mol. The molecule has 3 aromatic rings. The van der Waals surface area contributed by atoms with Crippen molar-refractivity contribution in [3.63, 3.8) is 0 Å². The van der Waals surface area contributed by atoms with Crippen LogP contribution in [-0.4, -0.2) is 56.3 Å². The summed E-state index contributed by atoms with van der Waals surface area (Å²) in [5.74, 6) is -0.726. The number of hydrogen-bond acceptors (Lipinski definition) is 11. The number of hydrogen-bond donors (Lipinski definition) is 4. The highest BCUT2D eigenvalue weighted by Gasteiger charge is 2.56. The third-order valence-corrected chi connectivity index (χ3v) is 7.71. The van der Waals surface area contributed by atoms with Gasteiger partial charge in [0, 0.05) is 17.2 Å². The van der Waals surface area contributed by atoms with E-state index in [1.165, 1.54) is 19.1 Å². The van der Waals surface area contributed by atoms with Crippen molar-refractivity contribution >= 4 is 13.7 Å². The summed E-state index contributed by atoms with van der Waals surface area (Å²) in [5, 5.41) is 27.4. The number of nitrogens with zero attached hydrogens (tertiary/aromatic N) is 4. The predicted octanol–water partition coefficient (Wildman–Crippen LogP) is 1.72. The summed E-state index contributed by atoms with van der Waals surface area (Å²) in [7, 11) is -4.54. The van der Waals surface area contributed by atoms with Crippen LogP contribution in [0.2, 0.25) is 0 Å². The molecule has 0 radical (unpaired) electrons. The van der Waals surface area contributed by atoms with Crippen molar-refractivity contribution in [2.75, 3.05) is 6.61 Å². The number of rotatable bonds is 12. The van der Waals surface area contributed by atoms with E-state index in [4.69, 9.17) is 18.5 Å². The van der Waals surface area contributed by atoms with Crippen LogP contribution in [0.1, 0.15) is 18.7 Å². The fourth-order valence-corrected chi connectivity index (χ4v) is 5.47. The highest BCUT2D eigenvalue weighted by Crippen LogP contribution is 2.48. The lowest BCUT2D eigenvalue weighted by Gasteiger charge is -2.29. The molecule has 0 bridgehead atoms. The molecule has 2 aromatic carbocycles. The molecule has 0 saturated carbocycles. The van der Waals surface area contributed by atoms with E-state index in [1.54, 1.807) is 48.5 Å². The SMILES string of the molecule is C[C@H](NP(=O)(OC[C@@]1(N=[N+]=[N-])O[C@@H](n2ccc(=O)[nH]c2=O)[C@H](O)[C@@H]1O)Oc1ccccc1)C(=O)OCc1ccccc1. The maximum absolute atomic E-state index is 13.9. The number of aliphatic hydroxyl groups is 2. The fourth-order valence-electron chi connectivity index (χ4n) is 3.96. The molecule has 6 atom stereocenters. The van der Waals surface area contributed by atoms with Gasteiger partial charge in [0.1, 0.15) is 30.6 Å². The first-order valence-corrected chi connectivity index (χ1v) is 14.0. The van der Waals surface area contributed by atoms with Gasteiger partial charge in [-0.15, -0.1) is 0 Å². The Hall–Kier alpha value is -4.27. The lowest BCUT2D eigenvalue weighted by Crippen LogP contribution is -2.45. The number of esters is 1. The van der Waals surface area contributed by atoms with Crippen molar-refractivity contribution in [3.8, 4) is 5.75 Å². The number of benzene rings is 2. The molecule has 17 heteroatoms. The van der Waals surface area contributed by atoms with Gasteiger partial charge in [0.2, 0.25) is 5.72 Å². The number of H-pyrrole nitrogens is 1. The zero-order valence-electron chi connectivity index (χ0n) is 22.0. The molecule has 4 rings (SSSR count). The van der Waals surface area contributed by atoms with Gasteiger partial charge in [-0.2, -0.15) is 5.09 Å². The van der Waals surface area contributed by atoms with E-state index in [-0.39, 0.29) is 12.4 Å². The van der Waals surface area contributed by atoms with Crippen LogP contribution in [0.25, 0.3) is 10.4 Å². The van der Waals surface area contributed by atoms with Crippen molar-refractivity contribution in [1.82, 2.24) is 14.6 Å². The van der Waals surface area contributed by atoms with Crippen molar-refractivity contribution < 1.29 is 38.1 Å². The Morgan fingerprint density at radius 2 is 1.86 bits per heavy atom. The molecule has 0 aliphatic carbocycles. The summed E-state index contributed by atoms with van der Waals surface area (Å²) in [6.45, 7) is 0.316. The summed E-state index contributed by atoms with van der Waals surface area (Å²) >= 11 is 0. The number of aromatic nitrogens is 2. The van der Waals surface area contributed by atoms with Gasteiger partial charge in [0.15, 0.2) is 6.23 Å². The van der Waals surface area contributed by atoms with Gasteiger partial charge in [-0.05, 0) is 30.2 Å². The molecule has 42 heavy (non-hydrogen) atoms. The Balaban J connectivity index is 1.56. The topological polar surface area (TPSA) is 227 Å². The van der Waals surface area contributed by atoms with Gasteiger partial charge in [-0.3, -0.25) is 23.7 Å². The Morgan fingerprint density at radius 1 is 1.19 bits per heavy atom. The third kappa shape index (κ3) is 7.13. The number of para-hydroxylation sites is 1. The zero-order valence-corrected chi connectivity index (χ0v) is 22.9. The number of carbonyl (C=O) groups excluding carboxylic acids is 1. The minimum atomic E-state index is -4.54. The molecule has 4 N–H and O–H groups in total. The van der Waals surface area contributed by atoms with Gasteiger partial charge >= 0.3 is 19.4 Å². The van der Waals surface area contributed by atoms with E-state index in [1.807, 2.05) is 4.98 Å². The average molecular weight is 602 g/mol. The average Bonchev–Trinajstić information content (AvgIpc) is 3.21. The molecule has 1 saturated heterocycles. The second-order valence-electron chi connectivity index (χ2n) is 9.11. The van der Waals surface area contributed by atoms with E-state index in [9.17, 15) is 34.7 Å². The molecule has 222 valence electrons. The van der Waals surface area contributed by atoms with Gasteiger partial charge < -0.3 is 24.2 Å². The van der Waals surface area contributed by atoms with Crippen molar-refractivity contribution in [2.45, 2.75) is 43.7 Å². The number of nitrogens with one attached hydrogen (secondary N) is 2. The number of carbonyl (C=O) groups is 1. The first-order valence-electron chi connectivity index (χ1n) is 12.4. The number of aliphatic hydroxyl groups excluding tert-OH is 2. The van der Waals surface area contributed by atoms with Crippen molar-refractivity contribution in [1.29, 1.82) is 0 Å². The maximum atomic E-state index is 13.9. The molecule has 0 spiro atoms. The van der Waals surface area contributed by atoms with Gasteiger partial charge in [0.05, 0.1) is 6.61 Å². The lowest BCUT2D eigenvalue weighted by molar-refractivity contribution is -0.146. The summed E-state index contributed by atoms with van der Waals surface area (Å²) in [6, 6.07) is 16.4.